The van der Waals surface area contributed by atoms with Gasteiger partial charge in [0.05, 0.1) is 11.4 Å². The molecule has 2 rings (SSSR count). The summed E-state index contributed by atoms with van der Waals surface area (Å²) in [7, 11) is 1.87. The predicted molar refractivity (Wildman–Crippen MR) is 67.7 cm³/mol. The molecular weight excluding hydrogens is 231 g/mol. The molecule has 0 atom stereocenters. The van der Waals surface area contributed by atoms with Gasteiger partial charge in [0.25, 0.3) is 0 Å². The average Bonchev–Trinajstić information content (AvgIpc) is 2.37. The van der Waals surface area contributed by atoms with Crippen LogP contribution >= 0.6 is 0 Å². The van der Waals surface area contributed by atoms with Crippen molar-refractivity contribution in [1.82, 2.24) is 10.3 Å². The monoisotopic (exact) mass is 246 g/mol. The van der Waals surface area contributed by atoms with E-state index >= 15 is 0 Å². The minimum Gasteiger partial charge on any atom is -0.487 e. The first-order valence-corrected chi connectivity index (χ1v) is 5.76. The van der Waals surface area contributed by atoms with Crippen LogP contribution in [0.1, 0.15) is 11.4 Å². The van der Waals surface area contributed by atoms with E-state index in [0.717, 1.165) is 11.4 Å². The molecule has 1 aromatic heterocycles. The van der Waals surface area contributed by atoms with Crippen LogP contribution in [0, 0.1) is 5.82 Å². The van der Waals surface area contributed by atoms with Crippen molar-refractivity contribution in [3.8, 4) is 5.75 Å². The molecule has 1 N–H and O–H groups in total. The number of pyridine rings is 1. The van der Waals surface area contributed by atoms with Crippen LogP contribution in [0.4, 0.5) is 4.39 Å². The molecule has 0 amide bonds. The first kappa shape index (κ1) is 12.5. The smallest absolute Gasteiger partial charge is 0.130 e. The van der Waals surface area contributed by atoms with Crippen LogP contribution in [0.5, 0.6) is 5.75 Å². The van der Waals surface area contributed by atoms with Gasteiger partial charge in [0.15, 0.2) is 0 Å². The Kier molecular flexibility index (Phi) is 4.25. The molecule has 94 valence electrons. The normalized spacial score (nSPS) is 10.3. The fourth-order valence-electron chi connectivity index (χ4n) is 1.60. The molecule has 1 aromatic carbocycles. The number of ether oxygens (including phenoxy) is 1. The molecule has 2 aromatic rings. The Balaban J connectivity index is 1.99. The minimum absolute atomic E-state index is 0.301. The van der Waals surface area contributed by atoms with Crippen LogP contribution < -0.4 is 10.1 Å². The second-order valence-electron chi connectivity index (χ2n) is 3.90. The molecule has 1 heterocycles. The molecule has 0 saturated carbocycles. The summed E-state index contributed by atoms with van der Waals surface area (Å²) in [5.74, 6) is 0.209. The van der Waals surface area contributed by atoms with Gasteiger partial charge in [-0.15, -0.1) is 0 Å². The van der Waals surface area contributed by atoms with E-state index < -0.39 is 0 Å². The average molecular weight is 246 g/mol. The lowest BCUT2D eigenvalue weighted by atomic mass is 10.3. The number of halogens is 1. The van der Waals surface area contributed by atoms with Crippen molar-refractivity contribution in [2.75, 3.05) is 7.05 Å². The molecule has 18 heavy (non-hydrogen) atoms. The van der Waals surface area contributed by atoms with Crippen LogP contribution in [0.15, 0.2) is 42.5 Å². The number of nitrogens with zero attached hydrogens (tertiary/aromatic N) is 1. The van der Waals surface area contributed by atoms with Crippen molar-refractivity contribution in [2.45, 2.75) is 13.2 Å². The van der Waals surface area contributed by atoms with Crippen LogP contribution in [0.25, 0.3) is 0 Å². The zero-order valence-electron chi connectivity index (χ0n) is 10.2. The van der Waals surface area contributed by atoms with Crippen LogP contribution in [-0.4, -0.2) is 12.0 Å². The van der Waals surface area contributed by atoms with Gasteiger partial charge >= 0.3 is 0 Å². The fourth-order valence-corrected chi connectivity index (χ4v) is 1.60. The van der Waals surface area contributed by atoms with Gasteiger partial charge in [0, 0.05) is 12.6 Å². The summed E-state index contributed by atoms with van der Waals surface area (Å²) in [5, 5.41) is 3.04. The van der Waals surface area contributed by atoms with E-state index in [1.807, 2.05) is 25.2 Å². The molecule has 0 aliphatic heterocycles. The van der Waals surface area contributed by atoms with Gasteiger partial charge in [-0.2, -0.15) is 0 Å². The molecule has 0 bridgehead atoms. The van der Waals surface area contributed by atoms with Gasteiger partial charge in [-0.1, -0.05) is 12.1 Å². The summed E-state index contributed by atoms with van der Waals surface area (Å²) in [6, 6.07) is 11.9. The molecule has 0 spiro atoms. The maximum absolute atomic E-state index is 13.0. The van der Waals surface area contributed by atoms with E-state index in [1.165, 1.54) is 12.1 Å². The number of benzene rings is 1. The van der Waals surface area contributed by atoms with Crippen LogP contribution in [0.3, 0.4) is 0 Å². The number of rotatable bonds is 5. The highest BCUT2D eigenvalue weighted by atomic mass is 19.1. The summed E-state index contributed by atoms with van der Waals surface area (Å²) >= 11 is 0. The highest BCUT2D eigenvalue weighted by Crippen LogP contribution is 2.13. The number of hydrogen-bond acceptors (Lipinski definition) is 3. The lowest BCUT2D eigenvalue weighted by Gasteiger charge is -2.07. The summed E-state index contributed by atoms with van der Waals surface area (Å²) in [6.07, 6.45) is 0. The molecule has 0 fully saturated rings. The summed E-state index contributed by atoms with van der Waals surface area (Å²) in [4.78, 5) is 4.42. The van der Waals surface area contributed by atoms with Crippen molar-refractivity contribution >= 4 is 0 Å². The maximum Gasteiger partial charge on any atom is 0.130 e. The first-order chi connectivity index (χ1) is 8.78. The third kappa shape index (κ3) is 3.53. The van der Waals surface area contributed by atoms with Gasteiger partial charge in [-0.05, 0) is 31.3 Å². The quantitative estimate of drug-likeness (QED) is 0.880. The largest absolute Gasteiger partial charge is 0.487 e. The first-order valence-electron chi connectivity index (χ1n) is 5.76. The highest BCUT2D eigenvalue weighted by Gasteiger charge is 2.00. The van der Waals surface area contributed by atoms with Crippen molar-refractivity contribution in [3.05, 3.63) is 59.7 Å². The van der Waals surface area contributed by atoms with Crippen molar-refractivity contribution in [2.24, 2.45) is 0 Å². The number of aromatic nitrogens is 1. The van der Waals surface area contributed by atoms with E-state index in [4.69, 9.17) is 4.74 Å². The minimum atomic E-state index is -0.301. The van der Waals surface area contributed by atoms with E-state index in [2.05, 4.69) is 10.3 Å². The van der Waals surface area contributed by atoms with Gasteiger partial charge < -0.3 is 10.1 Å². The predicted octanol–water partition coefficient (Wildman–Crippen LogP) is 2.52. The highest BCUT2D eigenvalue weighted by molar-refractivity contribution is 5.22. The van der Waals surface area contributed by atoms with Crippen molar-refractivity contribution in [1.29, 1.82) is 0 Å². The Bertz CT molecular complexity index is 517. The molecule has 0 radical (unpaired) electrons. The van der Waals surface area contributed by atoms with Crippen LogP contribution in [-0.2, 0) is 13.2 Å². The zero-order chi connectivity index (χ0) is 12.8. The lowest BCUT2D eigenvalue weighted by Crippen LogP contribution is -2.08. The maximum atomic E-state index is 13.0. The van der Waals surface area contributed by atoms with Crippen molar-refractivity contribution in [3.63, 3.8) is 0 Å². The van der Waals surface area contributed by atoms with Crippen LogP contribution in [0.2, 0.25) is 0 Å². The third-order valence-electron chi connectivity index (χ3n) is 2.41. The summed E-state index contributed by atoms with van der Waals surface area (Å²) in [6.45, 7) is 1.05. The Morgan fingerprint density at radius 1 is 1.17 bits per heavy atom. The Hall–Kier alpha value is -1.94. The molecule has 0 aliphatic rings. The van der Waals surface area contributed by atoms with Crippen molar-refractivity contribution < 1.29 is 9.13 Å². The third-order valence-corrected chi connectivity index (χ3v) is 2.41. The van der Waals surface area contributed by atoms with E-state index in [9.17, 15) is 4.39 Å². The number of nitrogens with one attached hydrogen (secondary N) is 1. The molecule has 0 unspecified atom stereocenters. The fraction of sp³-hybridized carbons (Fsp3) is 0.214. The van der Waals surface area contributed by atoms with E-state index in [0.29, 0.717) is 18.9 Å². The SMILES string of the molecule is CNCc1cccc(COc2cccc(F)c2)n1. The summed E-state index contributed by atoms with van der Waals surface area (Å²) < 4.78 is 18.4. The lowest BCUT2D eigenvalue weighted by molar-refractivity contribution is 0.299. The Morgan fingerprint density at radius 3 is 2.72 bits per heavy atom. The standard InChI is InChI=1S/C14H15FN2O/c1-16-9-12-5-3-6-13(17-12)10-18-14-7-2-4-11(15)8-14/h2-8,16H,9-10H2,1H3. The van der Waals surface area contributed by atoms with Gasteiger partial charge in [-0.3, -0.25) is 4.98 Å². The topological polar surface area (TPSA) is 34.1 Å². The molecular formula is C14H15FN2O. The Morgan fingerprint density at radius 2 is 1.94 bits per heavy atom. The molecule has 0 saturated heterocycles. The van der Waals surface area contributed by atoms with E-state index in [-0.39, 0.29) is 5.82 Å². The van der Waals surface area contributed by atoms with Gasteiger partial charge in [0.2, 0.25) is 0 Å². The van der Waals surface area contributed by atoms with Gasteiger partial charge in [-0.25, -0.2) is 4.39 Å². The second-order valence-corrected chi connectivity index (χ2v) is 3.90. The number of hydrogen-bond donors (Lipinski definition) is 1. The molecule has 4 heteroatoms. The molecule has 0 aliphatic carbocycles. The summed E-state index contributed by atoms with van der Waals surface area (Å²) in [5.41, 5.74) is 1.78. The van der Waals surface area contributed by atoms with E-state index in [1.54, 1.807) is 12.1 Å². The zero-order valence-corrected chi connectivity index (χ0v) is 10.2. The Labute approximate surface area is 106 Å². The second kappa shape index (κ2) is 6.12. The molecule has 3 nitrogen and oxygen atoms in total. The van der Waals surface area contributed by atoms with Gasteiger partial charge in [0.1, 0.15) is 18.2 Å².